The van der Waals surface area contributed by atoms with Gasteiger partial charge in [0, 0.05) is 25.8 Å². The summed E-state index contributed by atoms with van der Waals surface area (Å²) >= 11 is 0. The predicted octanol–water partition coefficient (Wildman–Crippen LogP) is 3.39. The zero-order valence-corrected chi connectivity index (χ0v) is 15.7. The van der Waals surface area contributed by atoms with Crippen molar-refractivity contribution >= 4 is 11.9 Å². The fraction of sp³-hybridized carbons (Fsp3) is 0.227. The fourth-order valence-electron chi connectivity index (χ4n) is 2.82. The van der Waals surface area contributed by atoms with Crippen LogP contribution in [0.15, 0.2) is 66.7 Å². The van der Waals surface area contributed by atoms with Crippen LogP contribution in [0, 0.1) is 6.92 Å². The minimum Gasteiger partial charge on any atom is -0.350 e. The molecule has 0 atom stereocenters. The average molecular weight is 360 g/mol. The van der Waals surface area contributed by atoms with Crippen molar-refractivity contribution in [2.75, 3.05) is 18.5 Å². The molecule has 0 saturated heterocycles. The Bertz CT molecular complexity index is 881. The van der Waals surface area contributed by atoms with Gasteiger partial charge in [0.2, 0.25) is 5.95 Å². The van der Waals surface area contributed by atoms with Gasteiger partial charge in [0.1, 0.15) is 5.69 Å². The molecule has 138 valence electrons. The summed E-state index contributed by atoms with van der Waals surface area (Å²) in [6, 6.07) is 21.9. The van der Waals surface area contributed by atoms with Gasteiger partial charge in [-0.25, -0.2) is 9.97 Å². The molecule has 0 aliphatic rings. The molecule has 0 spiro atoms. The standard InChI is InChI=1S/C22H24N4O/c1-17-15-20(21(27)23-14-13-18-9-5-3-6-10-18)25-22(24-17)26(2)16-19-11-7-4-8-12-19/h3-12,15H,13-14,16H2,1-2H3,(H,23,27). The summed E-state index contributed by atoms with van der Waals surface area (Å²) in [5.41, 5.74) is 3.53. The van der Waals surface area contributed by atoms with E-state index in [1.807, 2.05) is 55.3 Å². The predicted molar refractivity (Wildman–Crippen MR) is 108 cm³/mol. The number of hydrogen-bond acceptors (Lipinski definition) is 4. The highest BCUT2D eigenvalue weighted by Crippen LogP contribution is 2.12. The first-order valence-electron chi connectivity index (χ1n) is 9.04. The quantitative estimate of drug-likeness (QED) is 0.702. The number of carbonyl (C=O) groups is 1. The molecule has 0 unspecified atom stereocenters. The number of nitrogens with one attached hydrogen (secondary N) is 1. The second-order valence-electron chi connectivity index (χ2n) is 6.53. The molecule has 0 aliphatic carbocycles. The van der Waals surface area contributed by atoms with Crippen LogP contribution in [0.3, 0.4) is 0 Å². The summed E-state index contributed by atoms with van der Waals surface area (Å²) in [4.78, 5) is 23.4. The van der Waals surface area contributed by atoms with Crippen LogP contribution in [0.25, 0.3) is 0 Å². The highest BCUT2D eigenvalue weighted by molar-refractivity contribution is 5.92. The maximum atomic E-state index is 12.5. The molecule has 0 bridgehead atoms. The molecule has 1 aromatic heterocycles. The van der Waals surface area contributed by atoms with E-state index in [2.05, 4.69) is 39.6 Å². The van der Waals surface area contributed by atoms with E-state index in [0.29, 0.717) is 24.7 Å². The number of aromatic nitrogens is 2. The van der Waals surface area contributed by atoms with Crippen molar-refractivity contribution in [3.8, 4) is 0 Å². The maximum absolute atomic E-state index is 12.5. The first-order chi connectivity index (χ1) is 13.1. The van der Waals surface area contributed by atoms with Crippen LogP contribution in [-0.2, 0) is 13.0 Å². The van der Waals surface area contributed by atoms with Gasteiger partial charge in [0.05, 0.1) is 0 Å². The van der Waals surface area contributed by atoms with Gasteiger partial charge in [0.15, 0.2) is 0 Å². The minimum atomic E-state index is -0.175. The fourth-order valence-corrected chi connectivity index (χ4v) is 2.82. The van der Waals surface area contributed by atoms with Crippen molar-refractivity contribution < 1.29 is 4.79 Å². The van der Waals surface area contributed by atoms with Crippen LogP contribution in [0.5, 0.6) is 0 Å². The van der Waals surface area contributed by atoms with Gasteiger partial charge in [0.25, 0.3) is 5.91 Å². The van der Waals surface area contributed by atoms with E-state index in [1.54, 1.807) is 6.07 Å². The first-order valence-corrected chi connectivity index (χ1v) is 9.04. The Morgan fingerprint density at radius 2 is 1.59 bits per heavy atom. The van der Waals surface area contributed by atoms with Crippen LogP contribution >= 0.6 is 0 Å². The zero-order chi connectivity index (χ0) is 19.1. The maximum Gasteiger partial charge on any atom is 0.270 e. The number of aryl methyl sites for hydroxylation is 1. The van der Waals surface area contributed by atoms with E-state index in [4.69, 9.17) is 0 Å². The van der Waals surface area contributed by atoms with Crippen molar-refractivity contribution in [3.05, 3.63) is 89.2 Å². The molecule has 3 rings (SSSR count). The highest BCUT2D eigenvalue weighted by Gasteiger charge is 2.13. The van der Waals surface area contributed by atoms with Gasteiger partial charge in [-0.15, -0.1) is 0 Å². The molecule has 5 nitrogen and oxygen atoms in total. The van der Waals surface area contributed by atoms with Crippen molar-refractivity contribution in [2.45, 2.75) is 19.9 Å². The largest absolute Gasteiger partial charge is 0.350 e. The lowest BCUT2D eigenvalue weighted by Gasteiger charge is -2.18. The van der Waals surface area contributed by atoms with E-state index in [0.717, 1.165) is 12.1 Å². The second kappa shape index (κ2) is 8.94. The molecule has 1 N–H and O–H groups in total. The lowest BCUT2D eigenvalue weighted by Crippen LogP contribution is -2.28. The third-order valence-corrected chi connectivity index (χ3v) is 4.22. The minimum absolute atomic E-state index is 0.175. The van der Waals surface area contributed by atoms with Gasteiger partial charge < -0.3 is 10.2 Å². The van der Waals surface area contributed by atoms with Gasteiger partial charge in [-0.2, -0.15) is 0 Å². The number of anilines is 1. The second-order valence-corrected chi connectivity index (χ2v) is 6.53. The number of amides is 1. The lowest BCUT2D eigenvalue weighted by atomic mass is 10.1. The molecular formula is C22H24N4O. The normalized spacial score (nSPS) is 10.4. The number of carbonyl (C=O) groups excluding carboxylic acids is 1. The van der Waals surface area contributed by atoms with Gasteiger partial charge >= 0.3 is 0 Å². The summed E-state index contributed by atoms with van der Waals surface area (Å²) in [6.45, 7) is 3.13. The Morgan fingerprint density at radius 3 is 2.26 bits per heavy atom. The van der Waals surface area contributed by atoms with Crippen molar-refractivity contribution in [1.29, 1.82) is 0 Å². The topological polar surface area (TPSA) is 58.1 Å². The van der Waals surface area contributed by atoms with Crippen LogP contribution < -0.4 is 10.2 Å². The molecule has 2 aromatic carbocycles. The highest BCUT2D eigenvalue weighted by atomic mass is 16.1. The third kappa shape index (κ3) is 5.38. The van der Waals surface area contributed by atoms with E-state index >= 15 is 0 Å². The van der Waals surface area contributed by atoms with Crippen LogP contribution in [0.1, 0.15) is 27.3 Å². The third-order valence-electron chi connectivity index (χ3n) is 4.22. The summed E-state index contributed by atoms with van der Waals surface area (Å²) in [7, 11) is 1.93. The van der Waals surface area contributed by atoms with Crippen molar-refractivity contribution in [1.82, 2.24) is 15.3 Å². The number of benzene rings is 2. The number of nitrogens with zero attached hydrogens (tertiary/aromatic N) is 3. The van der Waals surface area contributed by atoms with Gasteiger partial charge in [-0.3, -0.25) is 4.79 Å². The number of hydrogen-bond donors (Lipinski definition) is 1. The summed E-state index contributed by atoms with van der Waals surface area (Å²) in [6.07, 6.45) is 0.789. The summed E-state index contributed by atoms with van der Waals surface area (Å²) in [5, 5.41) is 2.94. The Hall–Kier alpha value is -3.21. The molecule has 3 aromatic rings. The Kier molecular flexibility index (Phi) is 6.15. The molecule has 1 amide bonds. The van der Waals surface area contributed by atoms with Crippen molar-refractivity contribution in [2.24, 2.45) is 0 Å². The Labute approximate surface area is 160 Å². The molecule has 1 heterocycles. The molecule has 5 heteroatoms. The number of rotatable bonds is 7. The lowest BCUT2D eigenvalue weighted by molar-refractivity contribution is 0.0949. The molecule has 0 radical (unpaired) electrons. The first kappa shape index (κ1) is 18.6. The van der Waals surface area contributed by atoms with E-state index in [-0.39, 0.29) is 5.91 Å². The smallest absolute Gasteiger partial charge is 0.270 e. The zero-order valence-electron chi connectivity index (χ0n) is 15.7. The molecular weight excluding hydrogens is 336 g/mol. The van der Waals surface area contributed by atoms with Crippen molar-refractivity contribution in [3.63, 3.8) is 0 Å². The van der Waals surface area contributed by atoms with Crippen LogP contribution in [0.4, 0.5) is 5.95 Å². The molecule has 0 fully saturated rings. The Balaban J connectivity index is 1.64. The SMILES string of the molecule is Cc1cc(C(=O)NCCc2ccccc2)nc(N(C)Cc2ccccc2)n1. The van der Waals surface area contributed by atoms with Gasteiger partial charge in [-0.1, -0.05) is 60.7 Å². The molecule has 0 aliphatic heterocycles. The average Bonchev–Trinajstić information content (AvgIpc) is 2.69. The molecule has 0 saturated carbocycles. The van der Waals surface area contributed by atoms with Crippen LogP contribution in [0.2, 0.25) is 0 Å². The Morgan fingerprint density at radius 1 is 0.963 bits per heavy atom. The molecule has 27 heavy (non-hydrogen) atoms. The van der Waals surface area contributed by atoms with E-state index < -0.39 is 0 Å². The van der Waals surface area contributed by atoms with E-state index in [1.165, 1.54) is 11.1 Å². The monoisotopic (exact) mass is 360 g/mol. The summed E-state index contributed by atoms with van der Waals surface area (Å²) in [5.74, 6) is 0.373. The van der Waals surface area contributed by atoms with E-state index in [9.17, 15) is 4.79 Å². The van der Waals surface area contributed by atoms with Crippen LogP contribution in [-0.4, -0.2) is 29.5 Å². The van der Waals surface area contributed by atoms with Gasteiger partial charge in [-0.05, 0) is 30.5 Å². The summed E-state index contributed by atoms with van der Waals surface area (Å²) < 4.78 is 0.